The van der Waals surface area contributed by atoms with Crippen LogP contribution in [0.2, 0.25) is 0 Å². The molecule has 0 aliphatic carbocycles. The summed E-state index contributed by atoms with van der Waals surface area (Å²) in [5, 5.41) is 9.58. The summed E-state index contributed by atoms with van der Waals surface area (Å²) in [5.74, 6) is -0.117. The van der Waals surface area contributed by atoms with Gasteiger partial charge in [-0.05, 0) is 25.7 Å². The van der Waals surface area contributed by atoms with Crippen molar-refractivity contribution < 1.29 is 14.6 Å². The van der Waals surface area contributed by atoms with Gasteiger partial charge in [-0.3, -0.25) is 4.79 Å². The van der Waals surface area contributed by atoms with Crippen LogP contribution >= 0.6 is 0 Å². The number of hydrogen-bond acceptors (Lipinski definition) is 3. The Balaban J connectivity index is 2.44. The molecule has 0 amide bonds. The van der Waals surface area contributed by atoms with Crippen molar-refractivity contribution in [3.8, 4) is 0 Å². The first kappa shape index (κ1) is 14.2. The van der Waals surface area contributed by atoms with Gasteiger partial charge in [-0.25, -0.2) is 0 Å². The van der Waals surface area contributed by atoms with Gasteiger partial charge in [0.25, 0.3) is 0 Å². The molecule has 0 aromatic heterocycles. The Morgan fingerprint density at radius 2 is 2.29 bits per heavy atom. The molecule has 1 rings (SSSR count). The van der Waals surface area contributed by atoms with Crippen molar-refractivity contribution in [2.75, 3.05) is 0 Å². The summed E-state index contributed by atoms with van der Waals surface area (Å²) < 4.78 is 5.44. The van der Waals surface area contributed by atoms with Crippen molar-refractivity contribution in [1.82, 2.24) is 0 Å². The van der Waals surface area contributed by atoms with Gasteiger partial charge in [0.05, 0.1) is 6.10 Å². The number of hydrogen-bond donors (Lipinski definition) is 1. The zero-order valence-electron chi connectivity index (χ0n) is 10.7. The van der Waals surface area contributed by atoms with Crippen LogP contribution in [0.25, 0.3) is 0 Å². The van der Waals surface area contributed by atoms with Gasteiger partial charge in [0.2, 0.25) is 0 Å². The highest BCUT2D eigenvalue weighted by atomic mass is 16.5. The van der Waals surface area contributed by atoms with E-state index in [1.54, 1.807) is 0 Å². The molecule has 1 aliphatic rings. The number of unbranched alkanes of at least 4 members (excludes halogenated alkanes) is 2. The topological polar surface area (TPSA) is 46.5 Å². The average Bonchev–Trinajstić information content (AvgIpc) is 2.28. The predicted molar refractivity (Wildman–Crippen MR) is 67.6 cm³/mol. The fourth-order valence-corrected chi connectivity index (χ4v) is 2.03. The Bertz CT molecular complexity index is 248. The summed E-state index contributed by atoms with van der Waals surface area (Å²) in [6.07, 6.45) is 10.2. The number of aliphatic hydroxyl groups excluding tert-OH is 1. The molecule has 2 unspecified atom stereocenters. The van der Waals surface area contributed by atoms with Gasteiger partial charge < -0.3 is 9.84 Å². The van der Waals surface area contributed by atoms with Crippen LogP contribution in [0, 0.1) is 0 Å². The van der Waals surface area contributed by atoms with E-state index < -0.39 is 6.10 Å². The Morgan fingerprint density at radius 3 is 3.06 bits per heavy atom. The molecule has 0 bridgehead atoms. The van der Waals surface area contributed by atoms with Crippen molar-refractivity contribution in [1.29, 1.82) is 0 Å². The van der Waals surface area contributed by atoms with E-state index in [4.69, 9.17) is 4.74 Å². The van der Waals surface area contributed by atoms with E-state index in [-0.39, 0.29) is 12.1 Å². The summed E-state index contributed by atoms with van der Waals surface area (Å²) in [4.78, 5) is 11.5. The number of ether oxygens (including phenoxy) is 1. The van der Waals surface area contributed by atoms with E-state index in [0.717, 1.165) is 19.3 Å². The van der Waals surface area contributed by atoms with Gasteiger partial charge in [0, 0.05) is 12.8 Å². The van der Waals surface area contributed by atoms with Crippen molar-refractivity contribution in [2.45, 2.75) is 70.5 Å². The lowest BCUT2D eigenvalue weighted by Gasteiger charge is -2.18. The molecule has 1 N–H and O–H groups in total. The second kappa shape index (κ2) is 8.29. The van der Waals surface area contributed by atoms with Crippen LogP contribution in [-0.4, -0.2) is 23.3 Å². The Morgan fingerprint density at radius 1 is 1.47 bits per heavy atom. The fraction of sp³-hybridized carbons (Fsp3) is 0.786. The van der Waals surface area contributed by atoms with Crippen molar-refractivity contribution in [3.63, 3.8) is 0 Å². The van der Waals surface area contributed by atoms with Crippen molar-refractivity contribution in [3.05, 3.63) is 12.2 Å². The maximum atomic E-state index is 11.5. The van der Waals surface area contributed by atoms with Crippen LogP contribution in [0.15, 0.2) is 12.2 Å². The normalized spacial score (nSPS) is 28.5. The standard InChI is InChI=1S/C14H24O3/c1-2-3-4-9-13-10-5-7-12(15)8-6-11-14(16)17-13/h5,7,12-13,15H,2-4,6,8-11H2,1H3/b7-5-. The fourth-order valence-electron chi connectivity index (χ4n) is 2.03. The van der Waals surface area contributed by atoms with Crippen LogP contribution < -0.4 is 0 Å². The molecule has 0 aromatic rings. The minimum atomic E-state index is -0.405. The second-order valence-electron chi connectivity index (χ2n) is 4.73. The number of aliphatic hydroxyl groups is 1. The minimum Gasteiger partial charge on any atom is -0.462 e. The van der Waals surface area contributed by atoms with Gasteiger partial charge in [-0.15, -0.1) is 0 Å². The Labute approximate surface area is 104 Å². The number of rotatable bonds is 4. The highest BCUT2D eigenvalue weighted by molar-refractivity contribution is 5.69. The minimum absolute atomic E-state index is 0.00407. The maximum Gasteiger partial charge on any atom is 0.306 e. The third-order valence-electron chi connectivity index (χ3n) is 3.07. The SMILES string of the molecule is CCCCCC1C/C=C\C(O)CCCC(=O)O1. The number of carbonyl (C=O) groups is 1. The molecule has 3 heteroatoms. The van der Waals surface area contributed by atoms with Crippen LogP contribution in [0.1, 0.15) is 58.3 Å². The van der Waals surface area contributed by atoms with Crippen molar-refractivity contribution in [2.24, 2.45) is 0 Å². The highest BCUT2D eigenvalue weighted by Crippen LogP contribution is 2.15. The van der Waals surface area contributed by atoms with Gasteiger partial charge in [0.1, 0.15) is 6.10 Å². The molecule has 0 saturated carbocycles. The largest absolute Gasteiger partial charge is 0.462 e. The van der Waals surface area contributed by atoms with Gasteiger partial charge in [0.15, 0.2) is 0 Å². The lowest BCUT2D eigenvalue weighted by Crippen LogP contribution is -2.19. The quantitative estimate of drug-likeness (QED) is 0.467. The van der Waals surface area contributed by atoms with E-state index in [2.05, 4.69) is 6.92 Å². The van der Waals surface area contributed by atoms with E-state index in [1.807, 2.05) is 12.2 Å². The molecule has 1 aliphatic heterocycles. The Kier molecular flexibility index (Phi) is 6.94. The first-order chi connectivity index (χ1) is 8.22. The Hall–Kier alpha value is -0.830. The molecule has 0 fully saturated rings. The lowest BCUT2D eigenvalue weighted by atomic mass is 10.1. The molecule has 0 aromatic carbocycles. The molecule has 0 saturated heterocycles. The predicted octanol–water partition coefficient (Wildman–Crippen LogP) is 2.97. The zero-order valence-corrected chi connectivity index (χ0v) is 10.7. The number of esters is 1. The second-order valence-corrected chi connectivity index (χ2v) is 4.73. The van der Waals surface area contributed by atoms with Crippen LogP contribution in [0.5, 0.6) is 0 Å². The van der Waals surface area contributed by atoms with Gasteiger partial charge in [-0.2, -0.15) is 0 Å². The van der Waals surface area contributed by atoms with E-state index in [0.29, 0.717) is 19.3 Å². The summed E-state index contributed by atoms with van der Waals surface area (Å²) in [7, 11) is 0. The summed E-state index contributed by atoms with van der Waals surface area (Å²) in [6.45, 7) is 2.16. The zero-order chi connectivity index (χ0) is 12.5. The smallest absolute Gasteiger partial charge is 0.306 e. The van der Waals surface area contributed by atoms with Crippen LogP contribution in [0.3, 0.4) is 0 Å². The molecule has 0 radical (unpaired) electrons. The molecule has 98 valence electrons. The first-order valence-corrected chi connectivity index (χ1v) is 6.76. The number of cyclic esters (lactones) is 1. The average molecular weight is 240 g/mol. The van der Waals surface area contributed by atoms with Crippen molar-refractivity contribution >= 4 is 5.97 Å². The van der Waals surface area contributed by atoms with Gasteiger partial charge >= 0.3 is 5.97 Å². The van der Waals surface area contributed by atoms with E-state index in [9.17, 15) is 9.90 Å². The molecule has 17 heavy (non-hydrogen) atoms. The van der Waals surface area contributed by atoms with Crippen LogP contribution in [-0.2, 0) is 9.53 Å². The summed E-state index contributed by atoms with van der Waals surface area (Å²) >= 11 is 0. The third kappa shape index (κ3) is 6.47. The molecule has 0 spiro atoms. The summed E-state index contributed by atoms with van der Waals surface area (Å²) in [6, 6.07) is 0. The first-order valence-electron chi connectivity index (χ1n) is 6.76. The van der Waals surface area contributed by atoms with Gasteiger partial charge in [-0.1, -0.05) is 31.9 Å². The highest BCUT2D eigenvalue weighted by Gasteiger charge is 2.15. The van der Waals surface area contributed by atoms with E-state index >= 15 is 0 Å². The van der Waals surface area contributed by atoms with E-state index in [1.165, 1.54) is 12.8 Å². The van der Waals surface area contributed by atoms with Crippen LogP contribution in [0.4, 0.5) is 0 Å². The maximum absolute atomic E-state index is 11.5. The molecular weight excluding hydrogens is 216 g/mol. The number of carbonyl (C=O) groups excluding carboxylic acids is 1. The third-order valence-corrected chi connectivity index (χ3v) is 3.07. The lowest BCUT2D eigenvalue weighted by molar-refractivity contribution is -0.149. The molecule has 2 atom stereocenters. The monoisotopic (exact) mass is 240 g/mol. The molecule has 3 nitrogen and oxygen atoms in total. The summed E-state index contributed by atoms with van der Waals surface area (Å²) in [5.41, 5.74) is 0. The molecular formula is C14H24O3. The molecule has 1 heterocycles.